The van der Waals surface area contributed by atoms with Gasteiger partial charge in [-0.1, -0.05) is 13.8 Å². The van der Waals surface area contributed by atoms with E-state index >= 15 is 0 Å². The molecule has 0 aromatic heterocycles. The summed E-state index contributed by atoms with van der Waals surface area (Å²) in [6.45, 7) is 9.46. The normalized spacial score (nSPS) is 23.2. The zero-order chi connectivity index (χ0) is 16.2. The van der Waals surface area contributed by atoms with E-state index in [1.54, 1.807) is 0 Å². The minimum atomic E-state index is -0.487. The predicted molar refractivity (Wildman–Crippen MR) is 80.0 cm³/mol. The van der Waals surface area contributed by atoms with E-state index in [4.69, 9.17) is 9.47 Å². The van der Waals surface area contributed by atoms with Crippen molar-refractivity contribution in [1.29, 1.82) is 0 Å². The highest BCUT2D eigenvalue weighted by atomic mass is 16.6. The van der Waals surface area contributed by atoms with Gasteiger partial charge in [-0.2, -0.15) is 0 Å². The van der Waals surface area contributed by atoms with E-state index in [1.165, 1.54) is 7.11 Å². The molecule has 0 aromatic rings. The summed E-state index contributed by atoms with van der Waals surface area (Å²) in [6, 6.07) is 0.0155. The van der Waals surface area contributed by atoms with Crippen molar-refractivity contribution in [1.82, 2.24) is 10.6 Å². The lowest BCUT2D eigenvalue weighted by molar-refractivity contribution is -0.144. The fourth-order valence-electron chi connectivity index (χ4n) is 2.26. The highest BCUT2D eigenvalue weighted by Gasteiger charge is 2.35. The average Bonchev–Trinajstić information content (AvgIpc) is 2.28. The molecule has 0 aliphatic heterocycles. The number of nitrogens with one attached hydrogen (secondary N) is 2. The molecule has 0 heterocycles. The van der Waals surface area contributed by atoms with Crippen LogP contribution in [-0.2, 0) is 14.3 Å². The largest absolute Gasteiger partial charge is 0.468 e. The van der Waals surface area contributed by atoms with Gasteiger partial charge in [-0.15, -0.1) is 0 Å². The molecule has 0 spiro atoms. The van der Waals surface area contributed by atoms with Crippen LogP contribution in [0.3, 0.4) is 0 Å². The molecule has 0 aromatic carbocycles. The third kappa shape index (κ3) is 5.91. The van der Waals surface area contributed by atoms with Crippen LogP contribution in [0, 0.1) is 5.92 Å². The third-order valence-electron chi connectivity index (χ3n) is 3.40. The summed E-state index contributed by atoms with van der Waals surface area (Å²) in [5, 5.41) is 6.12. The molecule has 6 heteroatoms. The maximum atomic E-state index is 11.7. The summed E-state index contributed by atoms with van der Waals surface area (Å²) >= 11 is 0. The Labute approximate surface area is 126 Å². The number of hydrogen-bond acceptors (Lipinski definition) is 5. The Balaban J connectivity index is 2.33. The second kappa shape index (κ2) is 7.11. The third-order valence-corrected chi connectivity index (χ3v) is 3.40. The second-order valence-electron chi connectivity index (χ2n) is 6.92. The zero-order valence-electron chi connectivity index (χ0n) is 13.9. The van der Waals surface area contributed by atoms with Crippen molar-refractivity contribution >= 4 is 12.1 Å². The minimum Gasteiger partial charge on any atom is -0.468 e. The van der Waals surface area contributed by atoms with Gasteiger partial charge in [0.2, 0.25) is 0 Å². The zero-order valence-corrected chi connectivity index (χ0v) is 13.9. The smallest absolute Gasteiger partial charge is 0.407 e. The van der Waals surface area contributed by atoms with Gasteiger partial charge >= 0.3 is 12.1 Å². The van der Waals surface area contributed by atoms with Crippen LogP contribution in [0.15, 0.2) is 0 Å². The van der Waals surface area contributed by atoms with Gasteiger partial charge in [0.15, 0.2) is 0 Å². The van der Waals surface area contributed by atoms with Crippen LogP contribution in [0.2, 0.25) is 0 Å². The highest BCUT2D eigenvalue weighted by Crippen LogP contribution is 2.22. The van der Waals surface area contributed by atoms with Gasteiger partial charge in [-0.3, -0.25) is 4.79 Å². The summed E-state index contributed by atoms with van der Waals surface area (Å²) in [5.74, 6) is -0.0798. The topological polar surface area (TPSA) is 76.7 Å². The summed E-state index contributed by atoms with van der Waals surface area (Å²) in [5.41, 5.74) is -0.487. The fourth-order valence-corrected chi connectivity index (χ4v) is 2.26. The molecule has 2 N–H and O–H groups in total. The van der Waals surface area contributed by atoms with Crippen LogP contribution in [0.4, 0.5) is 4.79 Å². The van der Waals surface area contributed by atoms with Gasteiger partial charge in [-0.25, -0.2) is 4.79 Å². The van der Waals surface area contributed by atoms with E-state index < -0.39 is 5.60 Å². The van der Waals surface area contributed by atoms with Gasteiger partial charge in [0.1, 0.15) is 11.6 Å². The van der Waals surface area contributed by atoms with Crippen LogP contribution in [0.25, 0.3) is 0 Å². The molecule has 0 bridgehead atoms. The number of alkyl carbamates (subject to hydrolysis) is 1. The number of rotatable bonds is 5. The molecule has 0 saturated heterocycles. The summed E-state index contributed by atoms with van der Waals surface area (Å²) in [6.07, 6.45) is 1.19. The van der Waals surface area contributed by atoms with Crippen molar-refractivity contribution in [2.75, 3.05) is 7.11 Å². The molecule has 21 heavy (non-hydrogen) atoms. The van der Waals surface area contributed by atoms with E-state index in [0.717, 1.165) is 12.8 Å². The number of methoxy groups -OCH3 is 1. The predicted octanol–water partition coefficient (Wildman–Crippen LogP) is 1.83. The maximum absolute atomic E-state index is 11.7. The van der Waals surface area contributed by atoms with E-state index in [0.29, 0.717) is 0 Å². The van der Waals surface area contributed by atoms with E-state index in [2.05, 4.69) is 10.6 Å². The summed E-state index contributed by atoms with van der Waals surface area (Å²) < 4.78 is 10.0. The first-order chi connectivity index (χ1) is 9.62. The van der Waals surface area contributed by atoms with Gasteiger partial charge < -0.3 is 20.1 Å². The molecule has 6 nitrogen and oxygen atoms in total. The van der Waals surface area contributed by atoms with Gasteiger partial charge in [0.25, 0.3) is 0 Å². The second-order valence-corrected chi connectivity index (χ2v) is 6.92. The quantitative estimate of drug-likeness (QED) is 0.758. The molecule has 1 atom stereocenters. The van der Waals surface area contributed by atoms with Crippen LogP contribution in [0.5, 0.6) is 0 Å². The van der Waals surface area contributed by atoms with E-state index in [-0.39, 0.29) is 36.1 Å². The molecule has 122 valence electrons. The van der Waals surface area contributed by atoms with Gasteiger partial charge in [-0.05, 0) is 39.5 Å². The van der Waals surface area contributed by atoms with Crippen molar-refractivity contribution in [2.45, 2.75) is 71.2 Å². The average molecular weight is 300 g/mol. The lowest BCUT2D eigenvalue weighted by Crippen LogP contribution is -2.57. The Morgan fingerprint density at radius 3 is 2.14 bits per heavy atom. The van der Waals surface area contributed by atoms with Crippen molar-refractivity contribution in [3.05, 3.63) is 0 Å². The first-order valence-electron chi connectivity index (χ1n) is 7.45. The van der Waals surface area contributed by atoms with Crippen molar-refractivity contribution < 1.29 is 19.1 Å². The molecular weight excluding hydrogens is 272 g/mol. The summed E-state index contributed by atoms with van der Waals surface area (Å²) in [7, 11) is 1.40. The van der Waals surface area contributed by atoms with E-state index in [1.807, 2.05) is 34.6 Å². The highest BCUT2D eigenvalue weighted by molar-refractivity contribution is 5.76. The SMILES string of the molecule is COC(=O)C(NC1CC(NC(=O)OC(C)(C)C)C1)C(C)C. The molecule has 1 aliphatic carbocycles. The number of carbonyl (C=O) groups excluding carboxylic acids is 2. The maximum Gasteiger partial charge on any atom is 0.407 e. The van der Waals surface area contributed by atoms with Crippen LogP contribution in [-0.4, -0.2) is 42.9 Å². The Morgan fingerprint density at radius 1 is 1.14 bits per heavy atom. The number of carbonyl (C=O) groups is 2. The molecule has 0 radical (unpaired) electrons. The van der Waals surface area contributed by atoms with Gasteiger partial charge in [0.05, 0.1) is 7.11 Å². The molecule has 1 rings (SSSR count). The lowest BCUT2D eigenvalue weighted by Gasteiger charge is -2.39. The monoisotopic (exact) mass is 300 g/mol. The number of esters is 1. The van der Waals surface area contributed by atoms with Crippen LogP contribution >= 0.6 is 0 Å². The Morgan fingerprint density at radius 2 is 1.71 bits per heavy atom. The molecule has 1 aliphatic rings. The first-order valence-corrected chi connectivity index (χ1v) is 7.45. The Bertz CT molecular complexity index is 370. The lowest BCUT2D eigenvalue weighted by atomic mass is 9.85. The molecular formula is C15H28N2O4. The fraction of sp³-hybridized carbons (Fsp3) is 0.867. The van der Waals surface area contributed by atoms with E-state index in [9.17, 15) is 9.59 Å². The molecule has 1 amide bonds. The first kappa shape index (κ1) is 17.8. The summed E-state index contributed by atoms with van der Waals surface area (Å²) in [4.78, 5) is 23.3. The van der Waals surface area contributed by atoms with Crippen molar-refractivity contribution in [3.63, 3.8) is 0 Å². The van der Waals surface area contributed by atoms with Crippen LogP contribution < -0.4 is 10.6 Å². The molecule has 1 saturated carbocycles. The van der Waals surface area contributed by atoms with Crippen LogP contribution in [0.1, 0.15) is 47.5 Å². The Kier molecular flexibility index (Phi) is 6.01. The minimum absolute atomic E-state index is 0.0998. The van der Waals surface area contributed by atoms with Crippen molar-refractivity contribution in [2.24, 2.45) is 5.92 Å². The molecule has 1 fully saturated rings. The Hall–Kier alpha value is -1.30. The standard InChI is InChI=1S/C15H28N2O4/c1-9(2)12(13(18)20-6)16-10-7-11(8-10)17-14(19)21-15(3,4)5/h9-12,16H,7-8H2,1-6H3,(H,17,19). The number of hydrogen-bond donors (Lipinski definition) is 2. The number of amides is 1. The van der Waals surface area contributed by atoms with Gasteiger partial charge in [0, 0.05) is 12.1 Å². The molecule has 1 unspecified atom stereocenters. The van der Waals surface area contributed by atoms with Crippen molar-refractivity contribution in [3.8, 4) is 0 Å². The number of ether oxygens (including phenoxy) is 2.